The summed E-state index contributed by atoms with van der Waals surface area (Å²) in [4.78, 5) is 37.5. The minimum absolute atomic E-state index is 0.00759. The highest BCUT2D eigenvalue weighted by atomic mass is 16.5. The molecule has 0 aromatic heterocycles. The number of alkyl carbamates (subject to hydrolysis) is 1. The zero-order chi connectivity index (χ0) is 24.5. The van der Waals surface area contributed by atoms with Crippen molar-refractivity contribution in [1.29, 1.82) is 0 Å². The van der Waals surface area contributed by atoms with Gasteiger partial charge in [-0.05, 0) is 61.3 Å². The number of ether oxygens (including phenoxy) is 1. The lowest BCUT2D eigenvalue weighted by atomic mass is 9.87. The third-order valence-corrected chi connectivity index (χ3v) is 7.51. The SMILES string of the molecule is CCC(C)(CNC(=O)C(C)(NC(=O)OCC1c2ccccc2-c2ccccc21)C1CC1)C(=O)O. The van der Waals surface area contributed by atoms with Gasteiger partial charge in [0.25, 0.3) is 0 Å². The van der Waals surface area contributed by atoms with Crippen LogP contribution in [0.1, 0.15) is 57.1 Å². The third kappa shape index (κ3) is 4.39. The normalized spacial score (nSPS) is 18.1. The molecule has 2 aromatic rings. The lowest BCUT2D eigenvalue weighted by molar-refractivity contribution is -0.148. The van der Waals surface area contributed by atoms with Crippen LogP contribution in [0.2, 0.25) is 0 Å². The van der Waals surface area contributed by atoms with Gasteiger partial charge in [-0.25, -0.2) is 4.79 Å². The van der Waals surface area contributed by atoms with E-state index >= 15 is 0 Å². The smallest absolute Gasteiger partial charge is 0.408 e. The molecule has 2 atom stereocenters. The lowest BCUT2D eigenvalue weighted by Gasteiger charge is -2.31. The monoisotopic (exact) mass is 464 g/mol. The minimum Gasteiger partial charge on any atom is -0.481 e. The van der Waals surface area contributed by atoms with Crippen molar-refractivity contribution in [1.82, 2.24) is 10.6 Å². The number of carboxylic acids is 1. The molecule has 2 aliphatic rings. The van der Waals surface area contributed by atoms with Crippen molar-refractivity contribution in [3.63, 3.8) is 0 Å². The molecule has 2 aromatic carbocycles. The molecule has 34 heavy (non-hydrogen) atoms. The van der Waals surface area contributed by atoms with Gasteiger partial charge in [-0.15, -0.1) is 0 Å². The van der Waals surface area contributed by atoms with E-state index in [1.54, 1.807) is 20.8 Å². The van der Waals surface area contributed by atoms with Crippen LogP contribution in [0.25, 0.3) is 11.1 Å². The lowest BCUT2D eigenvalue weighted by Crippen LogP contribution is -2.60. The Hall–Kier alpha value is -3.35. The Morgan fingerprint density at radius 3 is 2.06 bits per heavy atom. The van der Waals surface area contributed by atoms with Gasteiger partial charge < -0.3 is 20.5 Å². The second kappa shape index (κ2) is 9.12. The molecule has 7 heteroatoms. The third-order valence-electron chi connectivity index (χ3n) is 7.51. The molecular weight excluding hydrogens is 432 g/mol. The summed E-state index contributed by atoms with van der Waals surface area (Å²) in [6, 6.07) is 16.2. The van der Waals surface area contributed by atoms with Gasteiger partial charge in [-0.1, -0.05) is 55.5 Å². The van der Waals surface area contributed by atoms with Crippen molar-refractivity contribution in [3.05, 3.63) is 59.7 Å². The molecule has 7 nitrogen and oxygen atoms in total. The zero-order valence-electron chi connectivity index (χ0n) is 19.9. The highest BCUT2D eigenvalue weighted by Gasteiger charge is 2.49. The van der Waals surface area contributed by atoms with Gasteiger partial charge in [0, 0.05) is 12.5 Å². The summed E-state index contributed by atoms with van der Waals surface area (Å²) in [5.41, 5.74) is 2.30. The van der Waals surface area contributed by atoms with Crippen molar-refractivity contribution in [2.75, 3.05) is 13.2 Å². The molecule has 0 saturated heterocycles. The number of hydrogen-bond donors (Lipinski definition) is 3. The fourth-order valence-electron chi connectivity index (χ4n) is 4.66. The fraction of sp³-hybridized carbons (Fsp3) is 0.444. The quantitative estimate of drug-likeness (QED) is 0.513. The minimum atomic E-state index is -1.16. The maximum absolute atomic E-state index is 13.1. The molecule has 2 amide bonds. The number of benzene rings is 2. The zero-order valence-corrected chi connectivity index (χ0v) is 19.9. The predicted octanol–water partition coefficient (Wildman–Crippen LogP) is 4.31. The molecule has 0 heterocycles. The average molecular weight is 465 g/mol. The van der Waals surface area contributed by atoms with E-state index in [9.17, 15) is 19.5 Å². The summed E-state index contributed by atoms with van der Waals surface area (Å²) < 4.78 is 5.64. The van der Waals surface area contributed by atoms with E-state index in [-0.39, 0.29) is 30.9 Å². The van der Waals surface area contributed by atoms with Gasteiger partial charge in [0.15, 0.2) is 0 Å². The fourth-order valence-corrected chi connectivity index (χ4v) is 4.66. The van der Waals surface area contributed by atoms with E-state index in [2.05, 4.69) is 34.9 Å². The summed E-state index contributed by atoms with van der Waals surface area (Å²) in [5, 5.41) is 15.0. The number of carbonyl (C=O) groups excluding carboxylic acids is 2. The molecule has 180 valence electrons. The van der Waals surface area contributed by atoms with Gasteiger partial charge in [-0.3, -0.25) is 9.59 Å². The molecule has 0 spiro atoms. The Balaban J connectivity index is 1.42. The largest absolute Gasteiger partial charge is 0.481 e. The number of rotatable bonds is 9. The first-order valence-electron chi connectivity index (χ1n) is 11.8. The van der Waals surface area contributed by atoms with E-state index in [1.807, 2.05) is 24.3 Å². The van der Waals surface area contributed by atoms with Crippen molar-refractivity contribution in [2.45, 2.75) is 51.5 Å². The highest BCUT2D eigenvalue weighted by molar-refractivity contribution is 5.91. The van der Waals surface area contributed by atoms with Crippen molar-refractivity contribution < 1.29 is 24.2 Å². The molecule has 2 unspecified atom stereocenters. The van der Waals surface area contributed by atoms with Crippen molar-refractivity contribution in [2.24, 2.45) is 11.3 Å². The average Bonchev–Trinajstić information content (AvgIpc) is 3.64. The van der Waals surface area contributed by atoms with E-state index < -0.39 is 23.0 Å². The van der Waals surface area contributed by atoms with Crippen molar-refractivity contribution >= 4 is 18.0 Å². The standard InChI is InChI=1S/C27H32N2O5/c1-4-26(2,24(31)32)16-28-23(30)27(3,17-13-14-17)29-25(33)34-15-22-20-11-7-5-9-18(20)19-10-6-8-12-21(19)22/h5-12,17,22H,4,13-16H2,1-3H3,(H,28,30)(H,29,33)(H,31,32). The predicted molar refractivity (Wildman–Crippen MR) is 128 cm³/mol. The highest BCUT2D eigenvalue weighted by Crippen LogP contribution is 2.44. The maximum atomic E-state index is 13.1. The maximum Gasteiger partial charge on any atom is 0.408 e. The first-order valence-corrected chi connectivity index (χ1v) is 11.8. The molecule has 0 aliphatic heterocycles. The van der Waals surface area contributed by atoms with Gasteiger partial charge in [-0.2, -0.15) is 0 Å². The van der Waals surface area contributed by atoms with E-state index in [0.717, 1.165) is 35.1 Å². The molecule has 0 bridgehead atoms. The molecule has 3 N–H and O–H groups in total. The number of amides is 2. The van der Waals surface area contributed by atoms with Gasteiger partial charge in [0.2, 0.25) is 5.91 Å². The molecule has 4 rings (SSSR count). The van der Waals surface area contributed by atoms with E-state index in [1.165, 1.54) is 0 Å². The summed E-state index contributed by atoms with van der Waals surface area (Å²) >= 11 is 0. The van der Waals surface area contributed by atoms with Crippen LogP contribution in [-0.2, 0) is 14.3 Å². The van der Waals surface area contributed by atoms with Gasteiger partial charge >= 0.3 is 12.1 Å². The molecule has 0 radical (unpaired) electrons. The Kier molecular flexibility index (Phi) is 6.39. The number of fused-ring (bicyclic) bond motifs is 3. The van der Waals surface area contributed by atoms with E-state index in [4.69, 9.17) is 4.74 Å². The molecular formula is C27H32N2O5. The molecule has 1 saturated carbocycles. The first-order chi connectivity index (χ1) is 16.2. The van der Waals surface area contributed by atoms with E-state index in [0.29, 0.717) is 6.42 Å². The van der Waals surface area contributed by atoms with Crippen LogP contribution in [-0.4, -0.2) is 41.8 Å². The topological polar surface area (TPSA) is 105 Å². The van der Waals surface area contributed by atoms with Crippen LogP contribution >= 0.6 is 0 Å². The number of carboxylic acid groups (broad SMARTS) is 1. The summed E-state index contributed by atoms with van der Waals surface area (Å²) in [6.45, 7) is 5.21. The van der Waals surface area contributed by atoms with Crippen LogP contribution in [0.3, 0.4) is 0 Å². The second-order valence-electron chi connectivity index (χ2n) is 9.83. The second-order valence-corrected chi connectivity index (χ2v) is 9.83. The summed E-state index contributed by atoms with van der Waals surface area (Å²) in [7, 11) is 0. The molecule has 1 fully saturated rings. The Labute approximate surface area is 199 Å². The van der Waals surface area contributed by atoms with Gasteiger partial charge in [0.05, 0.1) is 5.41 Å². The van der Waals surface area contributed by atoms with Crippen LogP contribution in [0.5, 0.6) is 0 Å². The number of carbonyl (C=O) groups is 3. The van der Waals surface area contributed by atoms with Gasteiger partial charge in [0.1, 0.15) is 12.1 Å². The Morgan fingerprint density at radius 1 is 1.00 bits per heavy atom. The Morgan fingerprint density at radius 2 is 1.56 bits per heavy atom. The van der Waals surface area contributed by atoms with Crippen LogP contribution in [0.4, 0.5) is 4.79 Å². The Bertz CT molecular complexity index is 1070. The molecule has 2 aliphatic carbocycles. The van der Waals surface area contributed by atoms with Crippen molar-refractivity contribution in [3.8, 4) is 11.1 Å². The number of hydrogen-bond acceptors (Lipinski definition) is 4. The first kappa shape index (κ1) is 23.8. The van der Waals surface area contributed by atoms with Crippen LogP contribution < -0.4 is 10.6 Å². The van der Waals surface area contributed by atoms with Crippen LogP contribution in [0.15, 0.2) is 48.5 Å². The summed E-state index contributed by atoms with van der Waals surface area (Å²) in [6.07, 6.45) is 1.36. The van der Waals surface area contributed by atoms with Crippen LogP contribution in [0, 0.1) is 11.3 Å². The number of nitrogens with one attached hydrogen (secondary N) is 2. The summed E-state index contributed by atoms with van der Waals surface area (Å²) in [5.74, 6) is -1.43. The number of aliphatic carboxylic acids is 1.